The quantitative estimate of drug-likeness (QED) is 0.524. The lowest BCUT2D eigenvalue weighted by molar-refractivity contribution is 1.31. The molecule has 9 heavy (non-hydrogen) atoms. The number of aromatic nitrogens is 1. The van der Waals surface area contributed by atoms with Gasteiger partial charge in [-0.05, 0) is 0 Å². The van der Waals surface area contributed by atoms with Crippen LogP contribution in [0.3, 0.4) is 0 Å². The lowest BCUT2D eigenvalue weighted by Crippen LogP contribution is -1.74. The monoisotopic (exact) mass is 134 g/mol. The van der Waals surface area contributed by atoms with Crippen LogP contribution in [-0.2, 0) is 0 Å². The number of hydrogen-bond acceptors (Lipinski definition) is 4. The van der Waals surface area contributed by atoms with Gasteiger partial charge in [0.25, 0.3) is 0 Å². The second-order valence-corrected chi connectivity index (χ2v) is 2.00. The van der Waals surface area contributed by atoms with Crippen molar-refractivity contribution in [2.24, 2.45) is 0 Å². The minimum atomic E-state index is 0.169. The van der Waals surface area contributed by atoms with Crippen molar-refractivity contribution in [3.63, 3.8) is 0 Å². The molecule has 0 bridgehead atoms. The molecule has 0 spiro atoms. The maximum atomic E-state index is 8.29. The van der Waals surface area contributed by atoms with Crippen LogP contribution in [0.1, 0.15) is 10.6 Å². The third kappa shape index (κ3) is 0.883. The second-order valence-electron chi connectivity index (χ2n) is 1.21. The van der Waals surface area contributed by atoms with Crippen molar-refractivity contribution in [2.45, 2.75) is 0 Å². The minimum absolute atomic E-state index is 0.169. The van der Waals surface area contributed by atoms with E-state index in [0.29, 0.717) is 4.88 Å². The van der Waals surface area contributed by atoms with Crippen molar-refractivity contribution in [1.82, 2.24) is 4.98 Å². The number of hydrogen-bond donors (Lipinski definition) is 0. The Morgan fingerprint density at radius 2 is 2.22 bits per heavy atom. The van der Waals surface area contributed by atoms with Crippen LogP contribution in [0.2, 0.25) is 0 Å². The van der Waals surface area contributed by atoms with Crippen LogP contribution >= 0.6 is 11.3 Å². The molecule has 0 amide bonds. The van der Waals surface area contributed by atoms with E-state index < -0.39 is 0 Å². The van der Waals surface area contributed by atoms with Gasteiger partial charge in [-0.25, -0.2) is 4.98 Å². The Labute approximate surface area is 55.8 Å². The fourth-order valence-corrected chi connectivity index (χ4v) is 0.827. The van der Waals surface area contributed by atoms with Crippen LogP contribution in [-0.4, -0.2) is 4.98 Å². The molecule has 0 fully saturated rings. The van der Waals surface area contributed by atoms with Crippen LogP contribution in [0.4, 0.5) is 0 Å². The third-order valence-electron chi connectivity index (χ3n) is 0.728. The molecule has 0 aliphatic carbocycles. The molecule has 1 radical (unpaired) electrons. The molecule has 0 unspecified atom stereocenters. The third-order valence-corrected chi connectivity index (χ3v) is 1.40. The van der Waals surface area contributed by atoms with Gasteiger partial charge in [-0.15, -0.1) is 0 Å². The van der Waals surface area contributed by atoms with Gasteiger partial charge in [-0.2, -0.15) is 10.5 Å². The predicted molar refractivity (Wildman–Crippen MR) is 30.4 cm³/mol. The van der Waals surface area contributed by atoms with Gasteiger partial charge in [-0.1, -0.05) is 11.3 Å². The van der Waals surface area contributed by atoms with Crippen LogP contribution in [0, 0.1) is 28.2 Å². The molecule has 41 valence electrons. The van der Waals surface area contributed by atoms with Gasteiger partial charge < -0.3 is 0 Å². The normalized spacial score (nSPS) is 7.78. The molecule has 0 saturated carbocycles. The first-order valence-corrected chi connectivity index (χ1v) is 2.87. The fourth-order valence-electron chi connectivity index (χ4n) is 0.365. The highest BCUT2D eigenvalue weighted by molar-refractivity contribution is 7.09. The molecule has 0 aliphatic heterocycles. The van der Waals surface area contributed by atoms with Crippen molar-refractivity contribution < 1.29 is 0 Å². The Kier molecular flexibility index (Phi) is 1.44. The van der Waals surface area contributed by atoms with Crippen molar-refractivity contribution in [3.05, 3.63) is 16.1 Å². The molecule has 0 N–H and O–H groups in total. The molecule has 3 nitrogen and oxygen atoms in total. The van der Waals surface area contributed by atoms with E-state index in [2.05, 4.69) is 10.5 Å². The Hall–Kier alpha value is -1.39. The number of nitrogens with zero attached hydrogens (tertiary/aromatic N) is 3. The van der Waals surface area contributed by atoms with Gasteiger partial charge in [0.05, 0.1) is 0 Å². The van der Waals surface area contributed by atoms with E-state index in [9.17, 15) is 0 Å². The molecule has 0 saturated heterocycles. The molecule has 0 aliphatic rings. The SMILES string of the molecule is N#Cc1n[c]sc1C#N. The summed E-state index contributed by atoms with van der Waals surface area (Å²) in [6, 6.07) is 3.60. The Morgan fingerprint density at radius 1 is 1.44 bits per heavy atom. The van der Waals surface area contributed by atoms with Crippen LogP contribution in [0.15, 0.2) is 0 Å². The molecule has 1 aromatic heterocycles. The van der Waals surface area contributed by atoms with Gasteiger partial charge in [-0.3, -0.25) is 0 Å². The van der Waals surface area contributed by atoms with Gasteiger partial charge in [0, 0.05) is 0 Å². The average Bonchev–Trinajstić information content (AvgIpc) is 2.33. The van der Waals surface area contributed by atoms with Crippen LogP contribution in [0.5, 0.6) is 0 Å². The summed E-state index contributed by atoms with van der Waals surface area (Å²) < 4.78 is 0. The maximum Gasteiger partial charge on any atom is 0.170 e. The zero-order valence-corrected chi connectivity index (χ0v) is 5.07. The van der Waals surface area contributed by atoms with E-state index in [0.717, 1.165) is 11.3 Å². The largest absolute Gasteiger partial charge is 0.221 e. The van der Waals surface area contributed by atoms with Gasteiger partial charge in [0.1, 0.15) is 17.0 Å². The standard InChI is InChI=1S/C5N3S/c6-1-4-5(2-7)9-3-8-4. The smallest absolute Gasteiger partial charge is 0.170 e. The maximum absolute atomic E-state index is 8.29. The minimum Gasteiger partial charge on any atom is -0.221 e. The van der Waals surface area contributed by atoms with E-state index in [1.54, 1.807) is 6.07 Å². The summed E-state index contributed by atoms with van der Waals surface area (Å²) in [5, 5.41) is 16.5. The molecule has 1 rings (SSSR count). The Balaban J connectivity index is 3.22. The highest BCUT2D eigenvalue weighted by Crippen LogP contribution is 2.08. The van der Waals surface area contributed by atoms with E-state index in [1.807, 2.05) is 6.07 Å². The van der Waals surface area contributed by atoms with Crippen molar-refractivity contribution in [2.75, 3.05) is 0 Å². The van der Waals surface area contributed by atoms with E-state index in [4.69, 9.17) is 10.5 Å². The lowest BCUT2D eigenvalue weighted by atomic mass is 10.4. The Morgan fingerprint density at radius 3 is 2.67 bits per heavy atom. The summed E-state index contributed by atoms with van der Waals surface area (Å²) >= 11 is 1.05. The molecule has 1 heterocycles. The molecular weight excluding hydrogens is 134 g/mol. The van der Waals surface area contributed by atoms with Crippen LogP contribution < -0.4 is 0 Å². The first-order chi connectivity index (χ1) is 4.38. The van der Waals surface area contributed by atoms with Crippen molar-refractivity contribution >= 4 is 11.3 Å². The zero-order chi connectivity index (χ0) is 6.69. The van der Waals surface area contributed by atoms with Crippen molar-refractivity contribution in [3.8, 4) is 12.1 Å². The molecular formula is C5N3S. The molecule has 1 aromatic rings. The molecule has 0 atom stereocenters. The summed E-state index contributed by atoms with van der Waals surface area (Å²) in [6.07, 6.45) is 0. The summed E-state index contributed by atoms with van der Waals surface area (Å²) in [7, 11) is 0. The summed E-state index contributed by atoms with van der Waals surface area (Å²) in [5.74, 6) is 0. The topological polar surface area (TPSA) is 60.5 Å². The molecule has 4 heteroatoms. The Bertz CT molecular complexity index is 259. The van der Waals surface area contributed by atoms with E-state index in [1.165, 1.54) is 0 Å². The van der Waals surface area contributed by atoms with E-state index in [-0.39, 0.29) is 5.69 Å². The predicted octanol–water partition coefficient (Wildman–Crippen LogP) is 0.687. The van der Waals surface area contributed by atoms with Crippen LogP contribution in [0.25, 0.3) is 0 Å². The highest BCUT2D eigenvalue weighted by Gasteiger charge is 2.01. The lowest BCUT2D eigenvalue weighted by Gasteiger charge is -1.71. The molecule has 0 aromatic carbocycles. The number of nitriles is 2. The number of rotatable bonds is 0. The van der Waals surface area contributed by atoms with Crippen molar-refractivity contribution in [1.29, 1.82) is 10.5 Å². The fraction of sp³-hybridized carbons (Fsp3) is 0. The second kappa shape index (κ2) is 2.25. The summed E-state index contributed by atoms with van der Waals surface area (Å²) in [5.41, 5.74) is 2.62. The number of thiazole rings is 1. The van der Waals surface area contributed by atoms with Gasteiger partial charge >= 0.3 is 0 Å². The summed E-state index contributed by atoms with van der Waals surface area (Å²) in [4.78, 5) is 3.85. The average molecular weight is 134 g/mol. The van der Waals surface area contributed by atoms with E-state index >= 15 is 0 Å². The summed E-state index contributed by atoms with van der Waals surface area (Å²) in [6.45, 7) is 0. The zero-order valence-electron chi connectivity index (χ0n) is 4.25. The first kappa shape index (κ1) is 5.74. The van der Waals surface area contributed by atoms with Gasteiger partial charge in [0.2, 0.25) is 0 Å². The van der Waals surface area contributed by atoms with Gasteiger partial charge in [0.15, 0.2) is 11.2 Å². The first-order valence-electron chi connectivity index (χ1n) is 2.05. The highest BCUT2D eigenvalue weighted by atomic mass is 32.1.